The van der Waals surface area contributed by atoms with Crippen LogP contribution in [0.15, 0.2) is 0 Å². The van der Waals surface area contributed by atoms with Gasteiger partial charge in [-0.1, -0.05) is 6.42 Å². The first kappa shape index (κ1) is 11.0. The van der Waals surface area contributed by atoms with Crippen molar-refractivity contribution in [1.29, 1.82) is 0 Å². The summed E-state index contributed by atoms with van der Waals surface area (Å²) in [7, 11) is 0. The first-order valence-electron chi connectivity index (χ1n) is 4.00. The average Bonchev–Trinajstić information content (AvgIpc) is 1.97. The van der Waals surface area contributed by atoms with E-state index in [-0.39, 0.29) is 5.78 Å². The molecule has 0 aliphatic rings. The minimum Gasteiger partial charge on any atom is -0.330 e. The molecule has 70 valence electrons. The van der Waals surface area contributed by atoms with Crippen LogP contribution in [-0.4, -0.2) is 23.8 Å². The second-order valence-corrected chi connectivity index (χ2v) is 2.63. The van der Waals surface area contributed by atoms with Crippen molar-refractivity contribution in [3.05, 3.63) is 10.1 Å². The lowest BCUT2D eigenvalue weighted by atomic mass is 10.1. The van der Waals surface area contributed by atoms with Gasteiger partial charge in [-0.2, -0.15) is 0 Å². The summed E-state index contributed by atoms with van der Waals surface area (Å²) in [6.45, 7) is 0.0754. The van der Waals surface area contributed by atoms with E-state index in [9.17, 15) is 14.9 Å². The maximum atomic E-state index is 10.7. The van der Waals surface area contributed by atoms with Gasteiger partial charge < -0.3 is 5.73 Å². The number of Topliss-reactive ketones (excluding diaryl/α,β-unsaturated/α-hetero) is 1. The second-order valence-electron chi connectivity index (χ2n) is 2.63. The summed E-state index contributed by atoms with van der Waals surface area (Å²) in [6.07, 6.45) is 2.77. The minimum atomic E-state index is -0.592. The van der Waals surface area contributed by atoms with Crippen LogP contribution in [0.4, 0.5) is 0 Å². The third-order valence-corrected chi connectivity index (χ3v) is 1.47. The van der Waals surface area contributed by atoms with E-state index in [2.05, 4.69) is 0 Å². The van der Waals surface area contributed by atoms with Gasteiger partial charge in [0.05, 0.1) is 0 Å². The maximum Gasteiger partial charge on any atom is 0.261 e. The summed E-state index contributed by atoms with van der Waals surface area (Å²) in [5.41, 5.74) is 5.23. The van der Waals surface area contributed by atoms with Gasteiger partial charge in [-0.25, -0.2) is 0 Å². The number of carbonyl (C=O) groups excluding carboxylic acids is 1. The minimum absolute atomic E-state index is 0.294. The highest BCUT2D eigenvalue weighted by molar-refractivity contribution is 5.79. The molecule has 5 nitrogen and oxygen atoms in total. The Morgan fingerprint density at radius 1 is 1.33 bits per heavy atom. The van der Waals surface area contributed by atoms with Crippen LogP contribution in [0.2, 0.25) is 0 Å². The number of carbonyl (C=O) groups is 1. The van der Waals surface area contributed by atoms with Crippen LogP contribution in [0.3, 0.4) is 0 Å². The van der Waals surface area contributed by atoms with Gasteiger partial charge in [-0.05, 0) is 19.4 Å². The molecular weight excluding hydrogens is 160 g/mol. The lowest BCUT2D eigenvalue weighted by Crippen LogP contribution is -2.13. The van der Waals surface area contributed by atoms with E-state index < -0.39 is 11.5 Å². The number of hydrogen-bond donors (Lipinski definition) is 1. The molecule has 0 rings (SSSR count). The molecule has 0 saturated heterocycles. The first-order valence-corrected chi connectivity index (χ1v) is 4.00. The molecular formula is C7H14N2O3. The first-order chi connectivity index (χ1) is 5.66. The van der Waals surface area contributed by atoms with Crippen molar-refractivity contribution >= 4 is 5.78 Å². The highest BCUT2D eigenvalue weighted by atomic mass is 16.6. The monoisotopic (exact) mass is 174 g/mol. The van der Waals surface area contributed by atoms with Gasteiger partial charge in [0.2, 0.25) is 5.78 Å². The summed E-state index contributed by atoms with van der Waals surface area (Å²) >= 11 is 0. The zero-order valence-electron chi connectivity index (χ0n) is 6.99. The Labute approximate surface area is 71.1 Å². The van der Waals surface area contributed by atoms with Crippen LogP contribution < -0.4 is 5.73 Å². The standard InChI is InChI=1S/C7H14N2O3/c8-5-3-1-2-4-7(10)6-9(11)12/h1-6,8H2. The molecule has 0 aromatic heterocycles. The fraction of sp³-hybridized carbons (Fsp3) is 0.857. The summed E-state index contributed by atoms with van der Waals surface area (Å²) in [6, 6.07) is 0. The van der Waals surface area contributed by atoms with Gasteiger partial charge in [0.15, 0.2) is 0 Å². The third-order valence-electron chi connectivity index (χ3n) is 1.47. The van der Waals surface area contributed by atoms with Crippen molar-refractivity contribution in [2.45, 2.75) is 25.7 Å². The van der Waals surface area contributed by atoms with E-state index in [1.54, 1.807) is 0 Å². The van der Waals surface area contributed by atoms with Gasteiger partial charge in [-0.15, -0.1) is 0 Å². The molecule has 0 unspecified atom stereocenters. The Kier molecular flexibility index (Phi) is 6.18. The molecule has 2 N–H and O–H groups in total. The Balaban J connectivity index is 3.26. The molecule has 0 radical (unpaired) electrons. The number of hydrogen-bond acceptors (Lipinski definition) is 4. The predicted octanol–water partition coefficient (Wildman–Crippen LogP) is 0.351. The Hall–Kier alpha value is -0.970. The molecule has 0 aliphatic heterocycles. The van der Waals surface area contributed by atoms with E-state index in [4.69, 9.17) is 5.73 Å². The predicted molar refractivity (Wildman–Crippen MR) is 44.4 cm³/mol. The van der Waals surface area contributed by atoms with E-state index in [0.29, 0.717) is 19.4 Å². The van der Waals surface area contributed by atoms with Crippen LogP contribution in [-0.2, 0) is 4.79 Å². The highest BCUT2D eigenvalue weighted by Gasteiger charge is 2.07. The molecule has 12 heavy (non-hydrogen) atoms. The van der Waals surface area contributed by atoms with Gasteiger partial charge >= 0.3 is 0 Å². The Morgan fingerprint density at radius 3 is 2.50 bits per heavy atom. The molecule has 0 bridgehead atoms. The van der Waals surface area contributed by atoms with E-state index >= 15 is 0 Å². The Bertz CT molecular complexity index is 159. The van der Waals surface area contributed by atoms with Crippen LogP contribution >= 0.6 is 0 Å². The quantitative estimate of drug-likeness (QED) is 0.343. The van der Waals surface area contributed by atoms with Crippen molar-refractivity contribution < 1.29 is 9.72 Å². The van der Waals surface area contributed by atoms with Crippen LogP contribution in [0.1, 0.15) is 25.7 Å². The third kappa shape index (κ3) is 7.14. The lowest BCUT2D eigenvalue weighted by Gasteiger charge is -1.95. The lowest BCUT2D eigenvalue weighted by molar-refractivity contribution is -0.467. The molecule has 0 atom stereocenters. The molecule has 0 aliphatic carbocycles. The summed E-state index contributed by atoms with van der Waals surface area (Å²) < 4.78 is 0. The van der Waals surface area contributed by atoms with Gasteiger partial charge in [0, 0.05) is 11.3 Å². The topological polar surface area (TPSA) is 86.2 Å². The van der Waals surface area contributed by atoms with Crippen LogP contribution in [0.5, 0.6) is 0 Å². The zero-order chi connectivity index (χ0) is 9.40. The zero-order valence-corrected chi connectivity index (χ0v) is 6.99. The van der Waals surface area contributed by atoms with Gasteiger partial charge in [0.1, 0.15) is 0 Å². The smallest absolute Gasteiger partial charge is 0.261 e. The van der Waals surface area contributed by atoms with Gasteiger partial charge in [-0.3, -0.25) is 14.9 Å². The fourth-order valence-corrected chi connectivity index (χ4v) is 0.866. The summed E-state index contributed by atoms with van der Waals surface area (Å²) in [5, 5.41) is 9.86. The average molecular weight is 174 g/mol. The molecule has 0 heterocycles. The number of nitrogens with two attached hydrogens (primary N) is 1. The number of unbranched alkanes of at least 4 members (excludes halogenated alkanes) is 2. The van der Waals surface area contributed by atoms with Crippen molar-refractivity contribution in [3.63, 3.8) is 0 Å². The second kappa shape index (κ2) is 6.72. The molecule has 0 amide bonds. The molecule has 0 aromatic carbocycles. The number of nitro groups is 1. The van der Waals surface area contributed by atoms with E-state index in [1.165, 1.54) is 0 Å². The van der Waals surface area contributed by atoms with Crippen molar-refractivity contribution in [2.24, 2.45) is 5.73 Å². The van der Waals surface area contributed by atoms with Crippen molar-refractivity contribution in [2.75, 3.05) is 13.1 Å². The number of rotatable bonds is 7. The largest absolute Gasteiger partial charge is 0.330 e. The van der Waals surface area contributed by atoms with Crippen LogP contribution in [0.25, 0.3) is 0 Å². The van der Waals surface area contributed by atoms with E-state index in [1.807, 2.05) is 0 Å². The Morgan fingerprint density at radius 2 is 2.00 bits per heavy atom. The van der Waals surface area contributed by atoms with Gasteiger partial charge in [0.25, 0.3) is 6.54 Å². The molecule has 0 aromatic rings. The summed E-state index contributed by atoms with van der Waals surface area (Å²) in [5.74, 6) is -0.294. The SMILES string of the molecule is NCCCCCC(=O)C[N+](=O)[O-]. The molecule has 0 fully saturated rings. The normalized spacial score (nSPS) is 9.75. The van der Waals surface area contributed by atoms with Crippen LogP contribution in [0, 0.1) is 10.1 Å². The molecule has 5 heteroatoms. The number of nitrogens with zero attached hydrogens (tertiary/aromatic N) is 1. The van der Waals surface area contributed by atoms with Crippen molar-refractivity contribution in [1.82, 2.24) is 0 Å². The fourth-order valence-electron chi connectivity index (χ4n) is 0.866. The van der Waals surface area contributed by atoms with E-state index in [0.717, 1.165) is 12.8 Å². The number of ketones is 1. The maximum absolute atomic E-state index is 10.7. The summed E-state index contributed by atoms with van der Waals surface area (Å²) in [4.78, 5) is 20.0. The van der Waals surface area contributed by atoms with Crippen molar-refractivity contribution in [3.8, 4) is 0 Å². The molecule has 0 saturated carbocycles. The molecule has 0 spiro atoms. The highest BCUT2D eigenvalue weighted by Crippen LogP contribution is 1.99.